The standard InChI is InChI=1S/C47H58/c1-28(2)44(27-47(7,8)9)45-32(6)22-39-24-38(26-42(39)46(45)35-12-10-29(3)11-13-35)36-18-19-40-31(5)23-41(43(40)25-36)34-16-14-33(15-17-34)37-20-30(4)21-37/h10-13,18-19,22-25,30-31,33-34,37,44H,1,14-17,20-21,26-27H2,2-9H3/t30?,31?,33?,34?,37?,44-/m1/s1. The summed E-state index contributed by atoms with van der Waals surface area (Å²) in [5.74, 6) is 4.56. The van der Waals surface area contributed by atoms with Gasteiger partial charge in [-0.3, -0.25) is 0 Å². The molecule has 0 saturated heterocycles. The largest absolute Gasteiger partial charge is 0.0995 e. The molecular weight excluding hydrogens is 565 g/mol. The molecule has 0 aromatic heterocycles. The maximum atomic E-state index is 4.55. The number of hydrogen-bond donors (Lipinski definition) is 0. The third-order valence-electron chi connectivity index (χ3n) is 12.5. The Balaban J connectivity index is 1.22. The van der Waals surface area contributed by atoms with Gasteiger partial charge < -0.3 is 0 Å². The maximum absolute atomic E-state index is 4.55. The van der Waals surface area contributed by atoms with Crippen LogP contribution in [0.4, 0.5) is 0 Å². The molecule has 0 N–H and O–H groups in total. The normalized spacial score (nSPS) is 25.8. The van der Waals surface area contributed by atoms with Crippen LogP contribution in [0.2, 0.25) is 0 Å². The van der Waals surface area contributed by atoms with Crippen molar-refractivity contribution in [2.45, 2.75) is 119 Å². The van der Waals surface area contributed by atoms with Crippen LogP contribution in [0, 0.1) is 42.9 Å². The van der Waals surface area contributed by atoms with Crippen molar-refractivity contribution in [1.29, 1.82) is 0 Å². The lowest BCUT2D eigenvalue weighted by Gasteiger charge is -2.42. The summed E-state index contributed by atoms with van der Waals surface area (Å²) in [6, 6.07) is 19.2. The summed E-state index contributed by atoms with van der Waals surface area (Å²) in [6.45, 7) is 23.3. The van der Waals surface area contributed by atoms with E-state index in [-0.39, 0.29) is 5.41 Å². The van der Waals surface area contributed by atoms with Crippen molar-refractivity contribution in [2.24, 2.45) is 29.1 Å². The molecule has 0 bridgehead atoms. The summed E-state index contributed by atoms with van der Waals surface area (Å²) < 4.78 is 0. The molecule has 4 aliphatic rings. The Kier molecular flexibility index (Phi) is 8.56. The number of hydrogen-bond acceptors (Lipinski definition) is 0. The molecule has 0 spiro atoms. The van der Waals surface area contributed by atoms with Gasteiger partial charge in [-0.25, -0.2) is 0 Å². The van der Waals surface area contributed by atoms with E-state index in [1.165, 1.54) is 94.2 Å². The molecule has 1 unspecified atom stereocenters. The molecule has 0 heteroatoms. The van der Waals surface area contributed by atoms with Gasteiger partial charge in [-0.05, 0) is 169 Å². The molecule has 0 heterocycles. The van der Waals surface area contributed by atoms with E-state index in [0.29, 0.717) is 11.8 Å². The molecule has 3 aromatic carbocycles. The average Bonchev–Trinajstić information content (AvgIpc) is 3.58. The van der Waals surface area contributed by atoms with Crippen molar-refractivity contribution in [3.8, 4) is 11.1 Å². The van der Waals surface area contributed by atoms with Crippen LogP contribution >= 0.6 is 0 Å². The molecule has 0 aliphatic heterocycles. The second kappa shape index (κ2) is 12.4. The summed E-state index contributed by atoms with van der Waals surface area (Å²) in [7, 11) is 0. The first-order valence-electron chi connectivity index (χ1n) is 18.8. The van der Waals surface area contributed by atoms with Crippen molar-refractivity contribution in [1.82, 2.24) is 0 Å². The molecule has 2 atom stereocenters. The Labute approximate surface area is 286 Å². The molecule has 7 rings (SSSR count). The van der Waals surface area contributed by atoms with Gasteiger partial charge in [-0.1, -0.05) is 107 Å². The Morgan fingerprint density at radius 1 is 0.872 bits per heavy atom. The smallest absolute Gasteiger partial charge is 0.00565 e. The third kappa shape index (κ3) is 6.27. The molecular formula is C47H58. The second-order valence-corrected chi connectivity index (χ2v) is 17.6. The van der Waals surface area contributed by atoms with Crippen molar-refractivity contribution < 1.29 is 0 Å². The van der Waals surface area contributed by atoms with E-state index in [1.807, 2.05) is 0 Å². The maximum Gasteiger partial charge on any atom is 0.00565 e. The van der Waals surface area contributed by atoms with Crippen molar-refractivity contribution in [2.75, 3.05) is 0 Å². The topological polar surface area (TPSA) is 0 Å². The molecule has 0 nitrogen and oxygen atoms in total. The lowest BCUT2D eigenvalue weighted by Crippen LogP contribution is -2.31. The number of rotatable bonds is 7. The molecule has 0 amide bonds. The Hall–Kier alpha value is -3.12. The first kappa shape index (κ1) is 32.4. The van der Waals surface area contributed by atoms with Crippen LogP contribution in [0.3, 0.4) is 0 Å². The van der Waals surface area contributed by atoms with Crippen molar-refractivity contribution >= 4 is 17.2 Å². The molecule has 47 heavy (non-hydrogen) atoms. The zero-order valence-electron chi connectivity index (χ0n) is 30.6. The lowest BCUT2D eigenvalue weighted by atomic mass is 9.63. The SMILES string of the molecule is C=C(C)[C@@H](CC(C)(C)C)c1c(C)cc2c(c1-c1ccc(C)cc1)CC(c1ccc3c(c1)C(C1CCC(C4CC(C)C4)CC1)=CC3C)=C2. The zero-order valence-corrected chi connectivity index (χ0v) is 30.6. The highest BCUT2D eigenvalue weighted by Gasteiger charge is 2.37. The van der Waals surface area contributed by atoms with Crippen LogP contribution < -0.4 is 0 Å². The summed E-state index contributed by atoms with van der Waals surface area (Å²) in [6.07, 6.45) is 15.8. The predicted octanol–water partition coefficient (Wildman–Crippen LogP) is 13.5. The number of aryl methyl sites for hydroxylation is 2. The van der Waals surface area contributed by atoms with Gasteiger partial charge in [0.1, 0.15) is 0 Å². The fourth-order valence-electron chi connectivity index (χ4n) is 9.93. The van der Waals surface area contributed by atoms with E-state index in [9.17, 15) is 0 Å². The van der Waals surface area contributed by atoms with Gasteiger partial charge in [-0.15, -0.1) is 0 Å². The van der Waals surface area contributed by atoms with E-state index in [1.54, 1.807) is 16.7 Å². The van der Waals surface area contributed by atoms with Gasteiger partial charge in [-0.2, -0.15) is 0 Å². The molecule has 2 saturated carbocycles. The van der Waals surface area contributed by atoms with Crippen LogP contribution in [-0.4, -0.2) is 0 Å². The van der Waals surface area contributed by atoms with Gasteiger partial charge in [0.2, 0.25) is 0 Å². The van der Waals surface area contributed by atoms with Gasteiger partial charge in [0.25, 0.3) is 0 Å². The van der Waals surface area contributed by atoms with E-state index in [0.717, 1.165) is 36.5 Å². The Morgan fingerprint density at radius 3 is 2.19 bits per heavy atom. The average molecular weight is 623 g/mol. The predicted molar refractivity (Wildman–Crippen MR) is 205 cm³/mol. The van der Waals surface area contributed by atoms with Crippen LogP contribution in [0.25, 0.3) is 28.3 Å². The van der Waals surface area contributed by atoms with E-state index < -0.39 is 0 Å². The van der Waals surface area contributed by atoms with Crippen LogP contribution in [-0.2, 0) is 6.42 Å². The van der Waals surface area contributed by atoms with Gasteiger partial charge in [0.15, 0.2) is 0 Å². The monoisotopic (exact) mass is 622 g/mol. The first-order valence-corrected chi connectivity index (χ1v) is 18.8. The Bertz CT molecular complexity index is 1730. The van der Waals surface area contributed by atoms with Gasteiger partial charge in [0.05, 0.1) is 0 Å². The minimum atomic E-state index is 0.213. The van der Waals surface area contributed by atoms with Crippen LogP contribution in [0.5, 0.6) is 0 Å². The fourth-order valence-corrected chi connectivity index (χ4v) is 9.93. The fraction of sp³-hybridized carbons (Fsp3) is 0.489. The summed E-state index contributed by atoms with van der Waals surface area (Å²) in [4.78, 5) is 0. The molecule has 246 valence electrons. The van der Waals surface area contributed by atoms with E-state index in [4.69, 9.17) is 0 Å². The number of benzene rings is 3. The highest BCUT2D eigenvalue weighted by atomic mass is 14.4. The lowest BCUT2D eigenvalue weighted by molar-refractivity contribution is 0.101. The summed E-state index contributed by atoms with van der Waals surface area (Å²) >= 11 is 0. The minimum Gasteiger partial charge on any atom is -0.0995 e. The van der Waals surface area contributed by atoms with E-state index in [2.05, 4.69) is 123 Å². The summed E-state index contributed by atoms with van der Waals surface area (Å²) in [5.41, 5.74) is 19.0. The molecule has 0 radical (unpaired) electrons. The number of fused-ring (bicyclic) bond motifs is 2. The number of allylic oxidation sites excluding steroid dienone is 4. The minimum absolute atomic E-state index is 0.213. The highest BCUT2D eigenvalue weighted by Crippen LogP contribution is 2.51. The molecule has 4 aliphatic carbocycles. The third-order valence-corrected chi connectivity index (χ3v) is 12.5. The van der Waals surface area contributed by atoms with E-state index >= 15 is 0 Å². The summed E-state index contributed by atoms with van der Waals surface area (Å²) in [5, 5.41) is 0. The van der Waals surface area contributed by atoms with Crippen molar-refractivity contribution in [3.63, 3.8) is 0 Å². The first-order chi connectivity index (χ1) is 22.4. The second-order valence-electron chi connectivity index (χ2n) is 17.6. The molecule has 2 fully saturated rings. The van der Waals surface area contributed by atoms with Gasteiger partial charge >= 0.3 is 0 Å². The van der Waals surface area contributed by atoms with Crippen LogP contribution in [0.1, 0.15) is 143 Å². The van der Waals surface area contributed by atoms with Gasteiger partial charge in [0, 0.05) is 11.8 Å². The highest BCUT2D eigenvalue weighted by molar-refractivity contribution is 5.94. The quantitative estimate of drug-likeness (QED) is 0.230. The van der Waals surface area contributed by atoms with Crippen LogP contribution in [0.15, 0.2) is 66.8 Å². The van der Waals surface area contributed by atoms with Crippen molar-refractivity contribution in [3.05, 3.63) is 111 Å². The Morgan fingerprint density at radius 2 is 1.55 bits per heavy atom. The zero-order chi connectivity index (χ0) is 33.2. The molecule has 3 aromatic rings.